The number of nitrogens with one attached hydrogen (secondary N) is 3. The molecular weight excluding hydrogens is 456 g/mol. The summed E-state index contributed by atoms with van der Waals surface area (Å²) >= 11 is 0. The number of rotatable bonds is 7. The molecule has 4 rings (SSSR count). The summed E-state index contributed by atoms with van der Waals surface area (Å²) in [6, 6.07) is 13.7. The number of sulfonamides is 1. The van der Waals surface area contributed by atoms with Gasteiger partial charge in [0.1, 0.15) is 0 Å². The molecule has 0 spiro atoms. The zero-order chi connectivity index (χ0) is 24.3. The first kappa shape index (κ1) is 23.3. The van der Waals surface area contributed by atoms with Crippen LogP contribution in [-0.4, -0.2) is 50.3 Å². The number of carbonyl (C=O) groups is 2. The molecule has 1 aromatic heterocycles. The van der Waals surface area contributed by atoms with Gasteiger partial charge >= 0.3 is 0 Å². The van der Waals surface area contributed by atoms with Gasteiger partial charge in [0.25, 0.3) is 0 Å². The van der Waals surface area contributed by atoms with Crippen molar-refractivity contribution in [2.45, 2.75) is 18.2 Å². The fraction of sp³-hybridized carbons (Fsp3) is 0.217. The van der Waals surface area contributed by atoms with Crippen LogP contribution in [0.4, 0.5) is 17.3 Å². The third kappa shape index (κ3) is 5.05. The molecule has 0 unspecified atom stereocenters. The maximum absolute atomic E-state index is 12.5. The molecular formula is C23H24N6O4S. The van der Waals surface area contributed by atoms with Gasteiger partial charge in [-0.3, -0.25) is 9.59 Å². The average Bonchev–Trinajstić information content (AvgIpc) is 2.92. The minimum absolute atomic E-state index is 0.0435. The first-order valence-corrected chi connectivity index (χ1v) is 12.1. The maximum atomic E-state index is 12.5. The highest BCUT2D eigenvalue weighted by molar-refractivity contribution is 7.89. The summed E-state index contributed by atoms with van der Waals surface area (Å²) < 4.78 is 27.3. The van der Waals surface area contributed by atoms with Crippen molar-refractivity contribution in [2.75, 3.05) is 30.4 Å². The number of aromatic nitrogens is 2. The number of para-hydroxylation sites is 1. The second-order valence-corrected chi connectivity index (χ2v) is 9.51. The standard InChI is InChI=1S/C23H24N6O4S/c1-15(30)24-11-12-26-34(32,33)18-9-7-17(8-10-18)27-23-25-14-16-13-21(31)29(2)20-6-4-3-5-19(20)22(16)28-23/h3-10,14,26H,11-13H2,1-2H3,(H,24,30)(H,25,27,28). The van der Waals surface area contributed by atoms with Gasteiger partial charge < -0.3 is 15.5 Å². The second kappa shape index (κ2) is 9.57. The summed E-state index contributed by atoms with van der Waals surface area (Å²) in [6.45, 7) is 1.66. The SMILES string of the molecule is CC(=O)NCCNS(=O)(=O)c1ccc(Nc2ncc3c(n2)-c2ccccc2N(C)C(=O)C3)cc1. The van der Waals surface area contributed by atoms with Crippen molar-refractivity contribution in [1.82, 2.24) is 20.0 Å². The molecule has 176 valence electrons. The maximum Gasteiger partial charge on any atom is 0.240 e. The molecule has 2 heterocycles. The number of nitrogens with zero attached hydrogens (tertiary/aromatic N) is 3. The van der Waals surface area contributed by atoms with Crippen LogP contribution >= 0.6 is 0 Å². The highest BCUT2D eigenvalue weighted by Gasteiger charge is 2.24. The first-order valence-electron chi connectivity index (χ1n) is 10.6. The van der Waals surface area contributed by atoms with Crippen LogP contribution in [0.15, 0.2) is 59.6 Å². The van der Waals surface area contributed by atoms with Crippen LogP contribution in [0.3, 0.4) is 0 Å². The van der Waals surface area contributed by atoms with E-state index >= 15 is 0 Å². The van der Waals surface area contributed by atoms with Crippen LogP contribution in [0.1, 0.15) is 12.5 Å². The fourth-order valence-corrected chi connectivity index (χ4v) is 4.60. The molecule has 2 amide bonds. The Kier molecular flexibility index (Phi) is 6.57. The molecule has 0 radical (unpaired) electrons. The Morgan fingerprint density at radius 3 is 2.56 bits per heavy atom. The minimum Gasteiger partial charge on any atom is -0.355 e. The van der Waals surface area contributed by atoms with Gasteiger partial charge in [0.15, 0.2) is 0 Å². The molecule has 0 aliphatic carbocycles. The van der Waals surface area contributed by atoms with Gasteiger partial charge in [0.05, 0.1) is 22.7 Å². The van der Waals surface area contributed by atoms with E-state index in [1.807, 2.05) is 24.3 Å². The lowest BCUT2D eigenvalue weighted by atomic mass is 10.1. The Labute approximate surface area is 197 Å². The lowest BCUT2D eigenvalue weighted by Gasteiger charge is -2.16. The average molecular weight is 481 g/mol. The Hall–Kier alpha value is -3.83. The number of hydrogen-bond acceptors (Lipinski definition) is 7. The topological polar surface area (TPSA) is 133 Å². The van der Waals surface area contributed by atoms with Crippen LogP contribution in [0, 0.1) is 0 Å². The Bertz CT molecular complexity index is 1340. The number of benzene rings is 2. The molecule has 1 aliphatic heterocycles. The van der Waals surface area contributed by atoms with E-state index in [2.05, 4.69) is 25.3 Å². The van der Waals surface area contributed by atoms with Crippen molar-refractivity contribution in [1.29, 1.82) is 0 Å². The van der Waals surface area contributed by atoms with Crippen molar-refractivity contribution in [3.05, 3.63) is 60.3 Å². The lowest BCUT2D eigenvalue weighted by Crippen LogP contribution is -2.33. The van der Waals surface area contributed by atoms with E-state index in [0.29, 0.717) is 17.3 Å². The number of carbonyl (C=O) groups excluding carboxylic acids is 2. The van der Waals surface area contributed by atoms with Crippen molar-refractivity contribution in [3.8, 4) is 11.3 Å². The molecule has 3 N–H and O–H groups in total. The third-order valence-corrected chi connectivity index (χ3v) is 6.79. The quantitative estimate of drug-likeness (QED) is 0.439. The molecule has 0 bridgehead atoms. The predicted molar refractivity (Wildman–Crippen MR) is 128 cm³/mol. The van der Waals surface area contributed by atoms with Gasteiger partial charge in [-0.25, -0.2) is 23.1 Å². The number of fused-ring (bicyclic) bond motifs is 3. The van der Waals surface area contributed by atoms with Crippen molar-refractivity contribution >= 4 is 39.2 Å². The molecule has 0 atom stereocenters. The smallest absolute Gasteiger partial charge is 0.240 e. The second-order valence-electron chi connectivity index (χ2n) is 7.74. The van der Waals surface area contributed by atoms with Gasteiger partial charge in [0.2, 0.25) is 27.8 Å². The van der Waals surface area contributed by atoms with Crippen LogP contribution in [-0.2, 0) is 26.0 Å². The number of amides is 2. The normalized spacial score (nSPS) is 13.0. The van der Waals surface area contributed by atoms with E-state index in [1.54, 1.807) is 30.3 Å². The molecule has 34 heavy (non-hydrogen) atoms. The molecule has 0 saturated carbocycles. The Balaban J connectivity index is 1.52. The van der Waals surface area contributed by atoms with E-state index in [4.69, 9.17) is 0 Å². The van der Waals surface area contributed by atoms with Crippen LogP contribution < -0.4 is 20.3 Å². The molecule has 11 heteroatoms. The van der Waals surface area contributed by atoms with E-state index < -0.39 is 10.0 Å². The van der Waals surface area contributed by atoms with Crippen LogP contribution in [0.25, 0.3) is 11.3 Å². The fourth-order valence-electron chi connectivity index (χ4n) is 3.57. The monoisotopic (exact) mass is 480 g/mol. The van der Waals surface area contributed by atoms with Gasteiger partial charge in [-0.15, -0.1) is 0 Å². The summed E-state index contributed by atoms with van der Waals surface area (Å²) in [5.74, 6) is 0.0596. The van der Waals surface area contributed by atoms with Gasteiger partial charge in [-0.2, -0.15) is 0 Å². The Morgan fingerprint density at radius 1 is 1.09 bits per heavy atom. The zero-order valence-electron chi connectivity index (χ0n) is 18.7. The summed E-state index contributed by atoms with van der Waals surface area (Å²) in [5, 5.41) is 5.62. The summed E-state index contributed by atoms with van der Waals surface area (Å²) in [7, 11) is -1.96. The summed E-state index contributed by atoms with van der Waals surface area (Å²) in [6.07, 6.45) is 1.83. The molecule has 0 saturated heterocycles. The molecule has 1 aliphatic rings. The van der Waals surface area contributed by atoms with Crippen molar-refractivity contribution < 1.29 is 18.0 Å². The number of hydrogen-bond donors (Lipinski definition) is 3. The molecule has 2 aromatic carbocycles. The first-order chi connectivity index (χ1) is 16.2. The summed E-state index contributed by atoms with van der Waals surface area (Å²) in [4.78, 5) is 34.1. The van der Waals surface area contributed by atoms with Crippen LogP contribution in [0.2, 0.25) is 0 Å². The van der Waals surface area contributed by atoms with Gasteiger partial charge in [-0.1, -0.05) is 18.2 Å². The number of likely N-dealkylation sites (N-methyl/N-ethyl adjacent to an activating group) is 1. The van der Waals surface area contributed by atoms with Gasteiger partial charge in [-0.05, 0) is 30.3 Å². The largest absolute Gasteiger partial charge is 0.355 e. The lowest BCUT2D eigenvalue weighted by molar-refractivity contribution is -0.119. The molecule has 3 aromatic rings. The predicted octanol–water partition coefficient (Wildman–Crippen LogP) is 1.82. The Morgan fingerprint density at radius 2 is 1.82 bits per heavy atom. The summed E-state index contributed by atoms with van der Waals surface area (Å²) in [5.41, 5.74) is 3.62. The highest BCUT2D eigenvalue weighted by atomic mass is 32.2. The van der Waals surface area contributed by atoms with E-state index in [-0.39, 0.29) is 36.2 Å². The highest BCUT2D eigenvalue weighted by Crippen LogP contribution is 2.35. The molecule has 0 fully saturated rings. The van der Waals surface area contributed by atoms with Crippen molar-refractivity contribution in [2.24, 2.45) is 0 Å². The van der Waals surface area contributed by atoms with Crippen molar-refractivity contribution in [3.63, 3.8) is 0 Å². The van der Waals surface area contributed by atoms with Crippen LogP contribution in [0.5, 0.6) is 0 Å². The van der Waals surface area contributed by atoms with E-state index in [0.717, 1.165) is 16.8 Å². The molecule has 10 nitrogen and oxygen atoms in total. The number of anilines is 3. The van der Waals surface area contributed by atoms with E-state index in [9.17, 15) is 18.0 Å². The third-order valence-electron chi connectivity index (χ3n) is 5.31. The van der Waals surface area contributed by atoms with Gasteiger partial charge in [0, 0.05) is 50.1 Å². The van der Waals surface area contributed by atoms with E-state index in [1.165, 1.54) is 19.1 Å². The minimum atomic E-state index is -3.70. The zero-order valence-corrected chi connectivity index (χ0v) is 19.5.